The molecule has 1 aliphatic heterocycles. The summed E-state index contributed by atoms with van der Waals surface area (Å²) in [6.07, 6.45) is 3.21. The number of piperidine rings is 1. The second-order valence-corrected chi connectivity index (χ2v) is 9.33. The molecule has 0 aliphatic carbocycles. The lowest BCUT2D eigenvalue weighted by atomic mass is 9.99. The Morgan fingerprint density at radius 3 is 2.54 bits per heavy atom. The van der Waals surface area contributed by atoms with E-state index in [0.29, 0.717) is 24.4 Å². The molecular weight excluding hydrogens is 372 g/mol. The van der Waals surface area contributed by atoms with Crippen molar-refractivity contribution in [1.82, 2.24) is 9.62 Å². The van der Waals surface area contributed by atoms with Crippen molar-refractivity contribution < 1.29 is 13.2 Å². The zero-order chi connectivity index (χ0) is 20.0. The zero-order valence-corrected chi connectivity index (χ0v) is 17.1. The molecule has 1 fully saturated rings. The molecule has 150 valence electrons. The molecule has 0 aromatic heterocycles. The first-order valence-corrected chi connectivity index (χ1v) is 11.3. The quantitative estimate of drug-likeness (QED) is 0.726. The molecule has 1 N–H and O–H groups in total. The standard InChI is InChI=1S/C22H28N2O3S/c1-18-11-13-21(14-12-18)28(26,27)24-16-6-10-20(17-24)22(25)23-15-5-9-19-7-3-2-4-8-19/h2-4,7-8,11-14,20H,5-6,9-10,15-17H2,1H3,(H,23,25). The Balaban J connectivity index is 1.52. The lowest BCUT2D eigenvalue weighted by molar-refractivity contribution is -0.126. The maximum atomic E-state index is 12.9. The molecule has 2 aromatic carbocycles. The Bertz CT molecular complexity index is 880. The van der Waals surface area contributed by atoms with Crippen LogP contribution in [0.2, 0.25) is 0 Å². The number of hydrogen-bond acceptors (Lipinski definition) is 3. The van der Waals surface area contributed by atoms with Crippen LogP contribution in [0.1, 0.15) is 30.4 Å². The highest BCUT2D eigenvalue weighted by atomic mass is 32.2. The summed E-state index contributed by atoms with van der Waals surface area (Å²) in [4.78, 5) is 12.8. The van der Waals surface area contributed by atoms with Gasteiger partial charge in [-0.2, -0.15) is 4.31 Å². The Hall–Kier alpha value is -2.18. The Labute approximate surface area is 167 Å². The molecule has 1 heterocycles. The van der Waals surface area contributed by atoms with Gasteiger partial charge in [0.2, 0.25) is 15.9 Å². The zero-order valence-electron chi connectivity index (χ0n) is 16.3. The molecule has 28 heavy (non-hydrogen) atoms. The Morgan fingerprint density at radius 1 is 1.11 bits per heavy atom. The first kappa shape index (κ1) is 20.6. The fourth-order valence-corrected chi connectivity index (χ4v) is 5.05. The van der Waals surface area contributed by atoms with Crippen molar-refractivity contribution >= 4 is 15.9 Å². The minimum Gasteiger partial charge on any atom is -0.356 e. The fourth-order valence-electron chi connectivity index (χ4n) is 3.53. The van der Waals surface area contributed by atoms with Gasteiger partial charge in [-0.15, -0.1) is 0 Å². The number of carbonyl (C=O) groups is 1. The third-order valence-corrected chi connectivity index (χ3v) is 7.08. The van der Waals surface area contributed by atoms with Gasteiger partial charge in [-0.3, -0.25) is 4.79 Å². The minimum atomic E-state index is -3.55. The summed E-state index contributed by atoms with van der Waals surface area (Å²) in [7, 11) is -3.55. The third kappa shape index (κ3) is 5.20. The summed E-state index contributed by atoms with van der Waals surface area (Å²) in [5.41, 5.74) is 2.27. The van der Waals surface area contributed by atoms with Crippen LogP contribution in [0, 0.1) is 12.8 Å². The number of rotatable bonds is 7. The number of sulfonamides is 1. The Kier molecular flexibility index (Phi) is 6.86. The van der Waals surface area contributed by atoms with Gasteiger partial charge in [0, 0.05) is 19.6 Å². The van der Waals surface area contributed by atoms with Crippen LogP contribution in [0.15, 0.2) is 59.5 Å². The highest BCUT2D eigenvalue weighted by Gasteiger charge is 2.33. The average Bonchev–Trinajstić information content (AvgIpc) is 2.72. The first-order chi connectivity index (χ1) is 13.5. The predicted molar refractivity (Wildman–Crippen MR) is 110 cm³/mol. The third-order valence-electron chi connectivity index (χ3n) is 5.20. The van der Waals surface area contributed by atoms with E-state index in [0.717, 1.165) is 24.8 Å². The molecule has 1 aliphatic rings. The van der Waals surface area contributed by atoms with E-state index in [1.54, 1.807) is 24.3 Å². The highest BCUT2D eigenvalue weighted by molar-refractivity contribution is 7.89. The van der Waals surface area contributed by atoms with Crippen molar-refractivity contribution in [3.05, 3.63) is 65.7 Å². The molecule has 0 bridgehead atoms. The molecule has 1 saturated heterocycles. The van der Waals surface area contributed by atoms with E-state index < -0.39 is 10.0 Å². The van der Waals surface area contributed by atoms with Crippen molar-refractivity contribution in [3.8, 4) is 0 Å². The normalized spacial score (nSPS) is 18.0. The minimum absolute atomic E-state index is 0.0446. The van der Waals surface area contributed by atoms with E-state index in [2.05, 4.69) is 17.4 Å². The molecule has 0 radical (unpaired) electrons. The number of nitrogens with one attached hydrogen (secondary N) is 1. The van der Waals surface area contributed by atoms with E-state index in [4.69, 9.17) is 0 Å². The van der Waals surface area contributed by atoms with Crippen LogP contribution in [0.25, 0.3) is 0 Å². The molecule has 1 atom stereocenters. The number of aryl methyl sites for hydroxylation is 2. The summed E-state index contributed by atoms with van der Waals surface area (Å²) in [5.74, 6) is -0.331. The van der Waals surface area contributed by atoms with Gasteiger partial charge in [0.15, 0.2) is 0 Å². The maximum absolute atomic E-state index is 12.9. The van der Waals surface area contributed by atoms with Crippen molar-refractivity contribution in [2.45, 2.75) is 37.5 Å². The fraction of sp³-hybridized carbons (Fsp3) is 0.409. The maximum Gasteiger partial charge on any atom is 0.243 e. The van der Waals surface area contributed by atoms with Gasteiger partial charge in [0.25, 0.3) is 0 Å². The van der Waals surface area contributed by atoms with Crippen molar-refractivity contribution in [1.29, 1.82) is 0 Å². The molecule has 3 rings (SSSR count). The Morgan fingerprint density at radius 2 is 1.82 bits per heavy atom. The number of benzene rings is 2. The molecule has 2 aromatic rings. The molecule has 5 nitrogen and oxygen atoms in total. The second-order valence-electron chi connectivity index (χ2n) is 7.40. The molecular formula is C22H28N2O3S. The smallest absolute Gasteiger partial charge is 0.243 e. The summed E-state index contributed by atoms with van der Waals surface area (Å²) >= 11 is 0. The lowest BCUT2D eigenvalue weighted by Gasteiger charge is -2.31. The van der Waals surface area contributed by atoms with E-state index >= 15 is 0 Å². The van der Waals surface area contributed by atoms with E-state index in [-0.39, 0.29) is 18.4 Å². The SMILES string of the molecule is Cc1ccc(S(=O)(=O)N2CCCC(C(=O)NCCCc3ccccc3)C2)cc1. The van der Waals surface area contributed by atoms with Crippen LogP contribution >= 0.6 is 0 Å². The van der Waals surface area contributed by atoms with E-state index in [1.165, 1.54) is 9.87 Å². The molecule has 0 spiro atoms. The molecule has 6 heteroatoms. The topological polar surface area (TPSA) is 66.5 Å². The molecule has 0 saturated carbocycles. The van der Waals surface area contributed by atoms with Crippen LogP contribution in [0.5, 0.6) is 0 Å². The highest BCUT2D eigenvalue weighted by Crippen LogP contribution is 2.24. The van der Waals surface area contributed by atoms with Crippen molar-refractivity contribution in [2.24, 2.45) is 5.92 Å². The van der Waals surface area contributed by atoms with Crippen LogP contribution in [0.4, 0.5) is 0 Å². The van der Waals surface area contributed by atoms with Gasteiger partial charge in [-0.25, -0.2) is 8.42 Å². The van der Waals surface area contributed by atoms with E-state index in [9.17, 15) is 13.2 Å². The van der Waals surface area contributed by atoms with Crippen LogP contribution in [0.3, 0.4) is 0 Å². The van der Waals surface area contributed by atoms with Gasteiger partial charge >= 0.3 is 0 Å². The second kappa shape index (κ2) is 9.34. The monoisotopic (exact) mass is 400 g/mol. The van der Waals surface area contributed by atoms with Gasteiger partial charge in [0.05, 0.1) is 10.8 Å². The molecule has 1 amide bonds. The summed E-state index contributed by atoms with van der Waals surface area (Å²) in [5, 5.41) is 2.98. The van der Waals surface area contributed by atoms with E-state index in [1.807, 2.05) is 25.1 Å². The molecule has 1 unspecified atom stereocenters. The number of nitrogens with zero attached hydrogens (tertiary/aromatic N) is 1. The largest absolute Gasteiger partial charge is 0.356 e. The summed E-state index contributed by atoms with van der Waals surface area (Å²) < 4.78 is 27.2. The van der Waals surface area contributed by atoms with Crippen molar-refractivity contribution in [3.63, 3.8) is 0 Å². The van der Waals surface area contributed by atoms with Crippen molar-refractivity contribution in [2.75, 3.05) is 19.6 Å². The predicted octanol–water partition coefficient (Wildman–Crippen LogP) is 3.14. The summed E-state index contributed by atoms with van der Waals surface area (Å²) in [6, 6.07) is 17.0. The van der Waals surface area contributed by atoms with Crippen LogP contribution in [-0.2, 0) is 21.2 Å². The number of amides is 1. The lowest BCUT2D eigenvalue weighted by Crippen LogP contribution is -2.45. The van der Waals surface area contributed by atoms with Gasteiger partial charge in [0.1, 0.15) is 0 Å². The summed E-state index contributed by atoms with van der Waals surface area (Å²) in [6.45, 7) is 3.25. The number of carbonyl (C=O) groups excluding carboxylic acids is 1. The average molecular weight is 401 g/mol. The van der Waals surface area contributed by atoms with Gasteiger partial charge < -0.3 is 5.32 Å². The van der Waals surface area contributed by atoms with Crippen LogP contribution < -0.4 is 5.32 Å². The van der Waals surface area contributed by atoms with Crippen LogP contribution in [-0.4, -0.2) is 38.3 Å². The number of hydrogen-bond donors (Lipinski definition) is 1. The van der Waals surface area contributed by atoms with Gasteiger partial charge in [-0.1, -0.05) is 48.0 Å². The first-order valence-electron chi connectivity index (χ1n) is 9.85. The van der Waals surface area contributed by atoms with Gasteiger partial charge in [-0.05, 0) is 50.3 Å².